The zero-order valence-electron chi connectivity index (χ0n) is 11.1. The number of amides is 1. The highest BCUT2D eigenvalue weighted by Gasteiger charge is 2.41. The summed E-state index contributed by atoms with van der Waals surface area (Å²) in [6.07, 6.45) is 1.33. The Balaban J connectivity index is 1.82. The molecular formula is C13H21NO3S2. The van der Waals surface area contributed by atoms with E-state index in [1.165, 1.54) is 5.75 Å². The lowest BCUT2D eigenvalue weighted by Gasteiger charge is -2.22. The first kappa shape index (κ1) is 15.0. The standard InChI is InChI=1S/C13H21NO3S2/c1-8-4-10(11(5-8)13(16)17)12(15)14-6-9-7-18-2-3-19-9/h8-11H,2-7H2,1H3,(H,14,15)(H,16,17). The minimum Gasteiger partial charge on any atom is -0.481 e. The lowest BCUT2D eigenvalue weighted by atomic mass is 9.95. The normalized spacial score (nSPS) is 35.0. The number of carboxylic acids is 1. The lowest BCUT2D eigenvalue weighted by molar-refractivity contribution is -0.146. The molecule has 2 rings (SSSR count). The number of hydrogen-bond acceptors (Lipinski definition) is 4. The molecule has 4 nitrogen and oxygen atoms in total. The van der Waals surface area contributed by atoms with Gasteiger partial charge in [0.2, 0.25) is 5.91 Å². The van der Waals surface area contributed by atoms with Crippen LogP contribution in [0.4, 0.5) is 0 Å². The van der Waals surface area contributed by atoms with Crippen molar-refractivity contribution in [2.75, 3.05) is 23.8 Å². The molecule has 2 fully saturated rings. The van der Waals surface area contributed by atoms with Gasteiger partial charge in [0.05, 0.1) is 11.8 Å². The van der Waals surface area contributed by atoms with Gasteiger partial charge in [0, 0.05) is 29.1 Å². The van der Waals surface area contributed by atoms with Crippen LogP contribution in [0.3, 0.4) is 0 Å². The summed E-state index contributed by atoms with van der Waals surface area (Å²) in [5, 5.41) is 12.6. The van der Waals surface area contributed by atoms with E-state index in [-0.39, 0.29) is 11.8 Å². The molecule has 1 amide bonds. The average molecular weight is 303 g/mol. The molecule has 4 atom stereocenters. The molecule has 2 aliphatic rings. The summed E-state index contributed by atoms with van der Waals surface area (Å²) in [4.78, 5) is 23.3. The summed E-state index contributed by atoms with van der Waals surface area (Å²) < 4.78 is 0. The van der Waals surface area contributed by atoms with E-state index in [1.54, 1.807) is 0 Å². The van der Waals surface area contributed by atoms with E-state index in [9.17, 15) is 14.7 Å². The van der Waals surface area contributed by atoms with Crippen LogP contribution < -0.4 is 5.32 Å². The van der Waals surface area contributed by atoms with Crippen LogP contribution in [-0.4, -0.2) is 46.0 Å². The van der Waals surface area contributed by atoms with Crippen molar-refractivity contribution < 1.29 is 14.7 Å². The summed E-state index contributed by atoms with van der Waals surface area (Å²) in [6.45, 7) is 2.70. The minimum atomic E-state index is -0.827. The number of carbonyl (C=O) groups is 2. The molecule has 4 unspecified atom stereocenters. The zero-order chi connectivity index (χ0) is 13.8. The van der Waals surface area contributed by atoms with Crippen LogP contribution in [0.15, 0.2) is 0 Å². The number of rotatable bonds is 4. The SMILES string of the molecule is CC1CC(C(=O)O)C(C(=O)NCC2CSCCS2)C1. The number of aliphatic carboxylic acids is 1. The Morgan fingerprint density at radius 1 is 1.26 bits per heavy atom. The number of carbonyl (C=O) groups excluding carboxylic acids is 1. The van der Waals surface area contributed by atoms with Crippen LogP contribution in [0.1, 0.15) is 19.8 Å². The van der Waals surface area contributed by atoms with Gasteiger partial charge >= 0.3 is 5.97 Å². The van der Waals surface area contributed by atoms with Crippen molar-refractivity contribution in [2.24, 2.45) is 17.8 Å². The number of thioether (sulfide) groups is 2. The van der Waals surface area contributed by atoms with Crippen molar-refractivity contribution in [1.82, 2.24) is 5.32 Å². The minimum absolute atomic E-state index is 0.0621. The van der Waals surface area contributed by atoms with Crippen molar-refractivity contribution in [2.45, 2.75) is 25.0 Å². The zero-order valence-corrected chi connectivity index (χ0v) is 12.8. The first-order chi connectivity index (χ1) is 9.08. The summed E-state index contributed by atoms with van der Waals surface area (Å²) in [6, 6.07) is 0. The largest absolute Gasteiger partial charge is 0.481 e. The molecule has 0 aromatic rings. The van der Waals surface area contributed by atoms with E-state index in [4.69, 9.17) is 0 Å². The van der Waals surface area contributed by atoms with Crippen LogP contribution in [0, 0.1) is 17.8 Å². The van der Waals surface area contributed by atoms with Crippen LogP contribution in [0.2, 0.25) is 0 Å². The summed E-state index contributed by atoms with van der Waals surface area (Å²) in [5.74, 6) is 2.02. The molecule has 108 valence electrons. The molecule has 6 heteroatoms. The second-order valence-corrected chi connectivity index (χ2v) is 8.00. The van der Waals surface area contributed by atoms with Crippen LogP contribution >= 0.6 is 23.5 Å². The maximum absolute atomic E-state index is 12.2. The lowest BCUT2D eigenvalue weighted by Crippen LogP contribution is -2.39. The van der Waals surface area contributed by atoms with E-state index in [1.807, 2.05) is 30.4 Å². The third-order valence-corrected chi connectivity index (χ3v) is 6.69. The Morgan fingerprint density at radius 3 is 2.63 bits per heavy atom. The second kappa shape index (κ2) is 6.88. The summed E-state index contributed by atoms with van der Waals surface area (Å²) >= 11 is 3.83. The number of hydrogen-bond donors (Lipinski definition) is 2. The quantitative estimate of drug-likeness (QED) is 0.827. The Labute approximate surface area is 122 Å². The van der Waals surface area contributed by atoms with Crippen LogP contribution in [-0.2, 0) is 9.59 Å². The van der Waals surface area contributed by atoms with E-state index < -0.39 is 11.9 Å². The third-order valence-electron chi connectivity index (χ3n) is 3.84. The first-order valence-corrected chi connectivity index (χ1v) is 8.98. The van der Waals surface area contributed by atoms with Gasteiger partial charge in [-0.1, -0.05) is 6.92 Å². The van der Waals surface area contributed by atoms with Gasteiger partial charge in [-0.15, -0.1) is 0 Å². The van der Waals surface area contributed by atoms with Gasteiger partial charge in [-0.05, 0) is 18.8 Å². The number of carboxylic acid groups (broad SMARTS) is 1. The van der Waals surface area contributed by atoms with E-state index in [2.05, 4.69) is 5.32 Å². The van der Waals surface area contributed by atoms with E-state index >= 15 is 0 Å². The first-order valence-electron chi connectivity index (χ1n) is 6.77. The molecule has 1 saturated heterocycles. The fourth-order valence-corrected chi connectivity index (χ4v) is 5.47. The summed E-state index contributed by atoms with van der Waals surface area (Å²) in [7, 11) is 0. The van der Waals surface area contributed by atoms with Crippen molar-refractivity contribution in [3.63, 3.8) is 0 Å². The molecule has 0 spiro atoms. The summed E-state index contributed by atoms with van der Waals surface area (Å²) in [5.41, 5.74) is 0. The van der Waals surface area contributed by atoms with E-state index in [0.29, 0.717) is 30.6 Å². The van der Waals surface area contributed by atoms with Crippen molar-refractivity contribution >= 4 is 35.4 Å². The fourth-order valence-electron chi connectivity index (χ4n) is 2.85. The smallest absolute Gasteiger partial charge is 0.307 e. The molecule has 1 aliphatic heterocycles. The monoisotopic (exact) mass is 303 g/mol. The van der Waals surface area contributed by atoms with Crippen molar-refractivity contribution in [3.05, 3.63) is 0 Å². The van der Waals surface area contributed by atoms with Gasteiger partial charge in [-0.2, -0.15) is 23.5 Å². The Kier molecular flexibility index (Phi) is 5.45. The molecule has 0 aromatic carbocycles. The van der Waals surface area contributed by atoms with Gasteiger partial charge < -0.3 is 10.4 Å². The maximum Gasteiger partial charge on any atom is 0.307 e. The molecule has 1 aliphatic carbocycles. The number of nitrogens with one attached hydrogen (secondary N) is 1. The molecule has 2 N–H and O–H groups in total. The molecule has 0 aromatic heterocycles. The molecule has 0 bridgehead atoms. The third kappa shape index (κ3) is 4.05. The molecular weight excluding hydrogens is 282 g/mol. The van der Waals surface area contributed by atoms with Crippen molar-refractivity contribution in [3.8, 4) is 0 Å². The predicted octanol–water partition coefficient (Wildman–Crippen LogP) is 1.70. The Bertz CT molecular complexity index is 345. The van der Waals surface area contributed by atoms with Gasteiger partial charge in [-0.25, -0.2) is 0 Å². The molecule has 19 heavy (non-hydrogen) atoms. The topological polar surface area (TPSA) is 66.4 Å². The van der Waals surface area contributed by atoms with Crippen LogP contribution in [0.5, 0.6) is 0 Å². The molecule has 0 radical (unpaired) electrons. The Morgan fingerprint density at radius 2 is 2.00 bits per heavy atom. The van der Waals surface area contributed by atoms with Gasteiger partial charge in [0.1, 0.15) is 0 Å². The van der Waals surface area contributed by atoms with Gasteiger partial charge in [-0.3, -0.25) is 9.59 Å². The van der Waals surface area contributed by atoms with E-state index in [0.717, 1.165) is 11.5 Å². The fraction of sp³-hybridized carbons (Fsp3) is 0.846. The molecule has 1 saturated carbocycles. The predicted molar refractivity (Wildman–Crippen MR) is 79.6 cm³/mol. The van der Waals surface area contributed by atoms with Crippen molar-refractivity contribution in [1.29, 1.82) is 0 Å². The second-order valence-electron chi connectivity index (χ2n) is 5.44. The van der Waals surface area contributed by atoms with Crippen LogP contribution in [0.25, 0.3) is 0 Å². The average Bonchev–Trinajstić information content (AvgIpc) is 2.79. The van der Waals surface area contributed by atoms with Gasteiger partial charge in [0.25, 0.3) is 0 Å². The highest BCUT2D eigenvalue weighted by molar-refractivity contribution is 8.06. The maximum atomic E-state index is 12.2. The highest BCUT2D eigenvalue weighted by atomic mass is 32.2. The van der Waals surface area contributed by atoms with Gasteiger partial charge in [0.15, 0.2) is 0 Å². The Hall–Kier alpha value is -0.360. The highest BCUT2D eigenvalue weighted by Crippen LogP contribution is 2.36. The molecule has 1 heterocycles.